The number of carbonyl (C=O) groups excluding carboxylic acids is 1. The van der Waals surface area contributed by atoms with E-state index in [0.29, 0.717) is 6.29 Å². The van der Waals surface area contributed by atoms with Crippen molar-refractivity contribution in [3.05, 3.63) is 21.1 Å². The highest BCUT2D eigenvalue weighted by Crippen LogP contribution is 2.12. The monoisotopic (exact) mass is 187 g/mol. The SMILES string of the molecule is Cc1nc(/C=C(/Cl)C=O)cs1. The number of thiazole rings is 1. The van der Waals surface area contributed by atoms with Gasteiger partial charge in [-0.15, -0.1) is 11.3 Å². The van der Waals surface area contributed by atoms with Gasteiger partial charge in [-0.25, -0.2) is 4.98 Å². The third-order valence-corrected chi connectivity index (χ3v) is 2.03. The van der Waals surface area contributed by atoms with Gasteiger partial charge in [-0.1, -0.05) is 11.6 Å². The van der Waals surface area contributed by atoms with Gasteiger partial charge in [0.15, 0.2) is 6.29 Å². The van der Waals surface area contributed by atoms with E-state index in [-0.39, 0.29) is 5.03 Å². The molecule has 11 heavy (non-hydrogen) atoms. The van der Waals surface area contributed by atoms with E-state index in [1.54, 1.807) is 0 Å². The molecule has 0 aliphatic carbocycles. The highest BCUT2D eigenvalue weighted by atomic mass is 35.5. The van der Waals surface area contributed by atoms with E-state index < -0.39 is 0 Å². The average Bonchev–Trinajstić information content (AvgIpc) is 2.35. The summed E-state index contributed by atoms with van der Waals surface area (Å²) in [5, 5.41) is 2.99. The molecule has 0 radical (unpaired) electrons. The first-order chi connectivity index (χ1) is 5.22. The van der Waals surface area contributed by atoms with Crippen molar-refractivity contribution < 1.29 is 4.79 Å². The van der Waals surface area contributed by atoms with Crippen LogP contribution in [0.5, 0.6) is 0 Å². The van der Waals surface area contributed by atoms with Crippen LogP contribution in [-0.4, -0.2) is 11.3 Å². The lowest BCUT2D eigenvalue weighted by Gasteiger charge is -1.81. The van der Waals surface area contributed by atoms with Gasteiger partial charge in [0.25, 0.3) is 0 Å². The summed E-state index contributed by atoms with van der Waals surface area (Å²) in [7, 11) is 0. The Morgan fingerprint density at radius 2 is 2.55 bits per heavy atom. The number of allylic oxidation sites excluding steroid dienone is 1. The van der Waals surface area contributed by atoms with E-state index in [1.807, 2.05) is 12.3 Å². The van der Waals surface area contributed by atoms with Crippen LogP contribution in [0.2, 0.25) is 0 Å². The standard InChI is InChI=1S/C7H6ClNOS/c1-5-9-7(4-11-5)2-6(8)3-10/h2-4H,1H3/b6-2+. The van der Waals surface area contributed by atoms with Crippen LogP contribution in [0.15, 0.2) is 10.4 Å². The molecule has 1 aromatic heterocycles. The molecule has 0 saturated heterocycles. The Hall–Kier alpha value is -0.670. The quantitative estimate of drug-likeness (QED) is 0.525. The van der Waals surface area contributed by atoms with Gasteiger partial charge in [0.05, 0.1) is 15.7 Å². The van der Waals surface area contributed by atoms with Crippen LogP contribution in [0.3, 0.4) is 0 Å². The van der Waals surface area contributed by atoms with Crippen molar-refractivity contribution in [3.8, 4) is 0 Å². The summed E-state index contributed by atoms with van der Waals surface area (Å²) in [5.74, 6) is 0. The molecule has 1 rings (SSSR count). The van der Waals surface area contributed by atoms with Crippen LogP contribution in [0.1, 0.15) is 10.7 Å². The van der Waals surface area contributed by atoms with Crippen molar-refractivity contribution in [1.82, 2.24) is 4.98 Å². The molecule has 0 spiro atoms. The second-order valence-corrected chi connectivity index (χ2v) is 3.44. The summed E-state index contributed by atoms with van der Waals surface area (Å²) >= 11 is 6.99. The maximum absolute atomic E-state index is 10.1. The number of halogens is 1. The molecule has 0 atom stereocenters. The molecule has 1 aromatic rings. The zero-order valence-corrected chi connectivity index (χ0v) is 7.45. The van der Waals surface area contributed by atoms with Gasteiger partial charge in [0.2, 0.25) is 0 Å². The third kappa shape index (κ3) is 2.44. The van der Waals surface area contributed by atoms with Crippen LogP contribution in [0.4, 0.5) is 0 Å². The Labute approximate surface area is 73.5 Å². The highest BCUT2D eigenvalue weighted by Gasteiger charge is 1.95. The third-order valence-electron chi connectivity index (χ3n) is 1.04. The molecule has 4 heteroatoms. The maximum Gasteiger partial charge on any atom is 0.161 e. The van der Waals surface area contributed by atoms with Gasteiger partial charge < -0.3 is 0 Å². The fourth-order valence-corrected chi connectivity index (χ4v) is 1.30. The fraction of sp³-hybridized carbons (Fsp3) is 0.143. The minimum absolute atomic E-state index is 0.176. The van der Waals surface area contributed by atoms with Crippen LogP contribution in [0, 0.1) is 6.92 Å². The molecule has 0 unspecified atom stereocenters. The average molecular weight is 188 g/mol. The van der Waals surface area contributed by atoms with Crippen molar-refractivity contribution in [3.63, 3.8) is 0 Å². The van der Waals surface area contributed by atoms with Crippen LogP contribution < -0.4 is 0 Å². The molecule has 58 valence electrons. The summed E-state index contributed by atoms with van der Waals surface area (Å²) in [6.45, 7) is 1.90. The Bertz CT molecular complexity index is 292. The number of aromatic nitrogens is 1. The molecule has 0 fully saturated rings. The Kier molecular flexibility index (Phi) is 2.79. The van der Waals surface area contributed by atoms with Crippen molar-refractivity contribution in [2.24, 2.45) is 0 Å². The van der Waals surface area contributed by atoms with E-state index >= 15 is 0 Å². The topological polar surface area (TPSA) is 30.0 Å². The Balaban J connectivity index is 2.86. The molecule has 0 aromatic carbocycles. The van der Waals surface area contributed by atoms with Crippen molar-refractivity contribution in [2.45, 2.75) is 6.92 Å². The summed E-state index contributed by atoms with van der Waals surface area (Å²) in [4.78, 5) is 14.2. The highest BCUT2D eigenvalue weighted by molar-refractivity contribution is 7.09. The number of aryl methyl sites for hydroxylation is 1. The van der Waals surface area contributed by atoms with Crippen LogP contribution in [0.25, 0.3) is 6.08 Å². The molecule has 1 heterocycles. The number of carbonyl (C=O) groups is 1. The number of hydrogen-bond acceptors (Lipinski definition) is 3. The molecule has 0 aliphatic rings. The molecular weight excluding hydrogens is 182 g/mol. The Morgan fingerprint density at radius 3 is 3.00 bits per heavy atom. The second-order valence-electron chi connectivity index (χ2n) is 1.94. The Morgan fingerprint density at radius 1 is 1.82 bits per heavy atom. The number of nitrogens with zero attached hydrogens (tertiary/aromatic N) is 1. The van der Waals surface area contributed by atoms with Crippen molar-refractivity contribution >= 4 is 35.3 Å². The van der Waals surface area contributed by atoms with Crippen LogP contribution >= 0.6 is 22.9 Å². The number of rotatable bonds is 2. The van der Waals surface area contributed by atoms with Crippen molar-refractivity contribution in [1.29, 1.82) is 0 Å². The summed E-state index contributed by atoms with van der Waals surface area (Å²) in [6, 6.07) is 0. The predicted molar refractivity (Wildman–Crippen MR) is 46.7 cm³/mol. The predicted octanol–water partition coefficient (Wildman–Crippen LogP) is 2.23. The van der Waals surface area contributed by atoms with E-state index in [1.165, 1.54) is 17.4 Å². The second kappa shape index (κ2) is 3.64. The molecule has 0 bridgehead atoms. The molecule has 2 nitrogen and oxygen atoms in total. The van der Waals surface area contributed by atoms with E-state index in [0.717, 1.165) is 10.7 Å². The smallest absolute Gasteiger partial charge is 0.161 e. The van der Waals surface area contributed by atoms with Crippen molar-refractivity contribution in [2.75, 3.05) is 0 Å². The molecular formula is C7H6ClNOS. The van der Waals surface area contributed by atoms with Crippen LogP contribution in [-0.2, 0) is 4.79 Å². The zero-order valence-electron chi connectivity index (χ0n) is 5.87. The van der Waals surface area contributed by atoms with Gasteiger partial charge in [-0.2, -0.15) is 0 Å². The minimum atomic E-state index is 0.176. The fourth-order valence-electron chi connectivity index (χ4n) is 0.622. The molecule has 0 N–H and O–H groups in total. The maximum atomic E-state index is 10.1. The van der Waals surface area contributed by atoms with E-state index in [9.17, 15) is 4.79 Å². The first-order valence-electron chi connectivity index (χ1n) is 2.97. The molecule has 0 saturated carbocycles. The first kappa shape index (κ1) is 8.43. The lowest BCUT2D eigenvalue weighted by molar-refractivity contribution is -0.104. The van der Waals surface area contributed by atoms with Gasteiger partial charge >= 0.3 is 0 Å². The van der Waals surface area contributed by atoms with Gasteiger partial charge in [0.1, 0.15) is 0 Å². The first-order valence-corrected chi connectivity index (χ1v) is 4.22. The van der Waals surface area contributed by atoms with E-state index in [4.69, 9.17) is 11.6 Å². The molecule has 0 aliphatic heterocycles. The molecule has 0 amide bonds. The van der Waals surface area contributed by atoms with E-state index in [2.05, 4.69) is 4.98 Å². The minimum Gasteiger partial charge on any atom is -0.297 e. The lowest BCUT2D eigenvalue weighted by atomic mass is 10.4. The largest absolute Gasteiger partial charge is 0.297 e. The number of aldehydes is 1. The summed E-state index contributed by atoms with van der Waals surface area (Å²) in [6.07, 6.45) is 2.13. The normalized spacial score (nSPS) is 11.6. The van der Waals surface area contributed by atoms with Gasteiger partial charge in [-0.05, 0) is 13.0 Å². The zero-order chi connectivity index (χ0) is 8.27. The summed E-state index contributed by atoms with van der Waals surface area (Å²) < 4.78 is 0. The van der Waals surface area contributed by atoms with Gasteiger partial charge in [-0.3, -0.25) is 4.79 Å². The lowest BCUT2D eigenvalue weighted by Crippen LogP contribution is -1.75. The van der Waals surface area contributed by atoms with Gasteiger partial charge in [0, 0.05) is 5.38 Å². The summed E-state index contributed by atoms with van der Waals surface area (Å²) in [5.41, 5.74) is 0.740. The number of hydrogen-bond donors (Lipinski definition) is 0.